The molecular weight excluding hydrogens is 410 g/mol. The third-order valence-electron chi connectivity index (χ3n) is 6.74. The quantitative estimate of drug-likeness (QED) is 0.727. The van der Waals surface area contributed by atoms with Gasteiger partial charge in [0.1, 0.15) is 5.82 Å². The van der Waals surface area contributed by atoms with E-state index < -0.39 is 10.0 Å². The summed E-state index contributed by atoms with van der Waals surface area (Å²) < 4.78 is 28.2. The number of hydrogen-bond acceptors (Lipinski definition) is 6. The molecule has 1 aromatic heterocycles. The number of fused-ring (bicyclic) bond motifs is 1. The Morgan fingerprint density at radius 2 is 1.48 bits per heavy atom. The van der Waals surface area contributed by atoms with Gasteiger partial charge in [-0.2, -0.15) is 9.29 Å². The zero-order valence-electron chi connectivity index (χ0n) is 18.3. The van der Waals surface area contributed by atoms with Gasteiger partial charge in [-0.1, -0.05) is 6.07 Å². The Hall–Kier alpha value is -2.19. The molecule has 2 fully saturated rings. The molecule has 3 heterocycles. The SMILES string of the molecule is Cc1cc(N2CCN(S(=O)(=O)c3ccc4c(c3)CCCC4)CC2)nc(N2CCCC2)n1. The Kier molecular flexibility index (Phi) is 5.60. The van der Waals surface area contributed by atoms with Crippen molar-refractivity contribution in [3.05, 3.63) is 41.1 Å². The minimum Gasteiger partial charge on any atom is -0.354 e. The molecular formula is C23H31N5O2S. The summed E-state index contributed by atoms with van der Waals surface area (Å²) in [5.41, 5.74) is 3.47. The van der Waals surface area contributed by atoms with Crippen molar-refractivity contribution in [1.82, 2.24) is 14.3 Å². The lowest BCUT2D eigenvalue weighted by Crippen LogP contribution is -2.49. The van der Waals surface area contributed by atoms with Crippen molar-refractivity contribution in [2.24, 2.45) is 0 Å². The summed E-state index contributed by atoms with van der Waals surface area (Å²) in [5.74, 6) is 1.71. The highest BCUT2D eigenvalue weighted by molar-refractivity contribution is 7.89. The van der Waals surface area contributed by atoms with Crippen molar-refractivity contribution in [3.63, 3.8) is 0 Å². The number of aromatic nitrogens is 2. The van der Waals surface area contributed by atoms with E-state index in [0.717, 1.165) is 49.8 Å². The van der Waals surface area contributed by atoms with Crippen LogP contribution >= 0.6 is 0 Å². The lowest BCUT2D eigenvalue weighted by atomic mass is 9.92. The molecule has 0 atom stereocenters. The number of piperazine rings is 1. The maximum Gasteiger partial charge on any atom is 0.243 e. The van der Waals surface area contributed by atoms with Gasteiger partial charge in [-0.15, -0.1) is 0 Å². The average molecular weight is 442 g/mol. The number of hydrogen-bond donors (Lipinski definition) is 0. The number of nitrogens with zero attached hydrogens (tertiary/aromatic N) is 5. The Morgan fingerprint density at radius 1 is 0.774 bits per heavy atom. The first-order valence-electron chi connectivity index (χ1n) is 11.5. The van der Waals surface area contributed by atoms with Gasteiger partial charge in [-0.05, 0) is 68.7 Å². The number of sulfonamides is 1. The maximum absolute atomic E-state index is 13.3. The number of anilines is 2. The fourth-order valence-electron chi connectivity index (χ4n) is 4.93. The standard InChI is InChI=1S/C23H31N5O2S/c1-18-16-22(25-23(24-18)27-10-4-5-11-27)26-12-14-28(15-13-26)31(29,30)21-9-8-19-6-2-3-7-20(19)17-21/h8-9,16-17H,2-7,10-15H2,1H3. The van der Waals surface area contributed by atoms with Crippen LogP contribution in [0.1, 0.15) is 42.5 Å². The summed E-state index contributed by atoms with van der Waals surface area (Å²) in [6.07, 6.45) is 6.76. The second-order valence-electron chi connectivity index (χ2n) is 8.89. The molecule has 2 aliphatic heterocycles. The van der Waals surface area contributed by atoms with Crippen molar-refractivity contribution in [1.29, 1.82) is 0 Å². The van der Waals surface area contributed by atoms with Crippen LogP contribution in [-0.2, 0) is 22.9 Å². The Bertz CT molecular complexity index is 1060. The minimum atomic E-state index is -3.46. The van der Waals surface area contributed by atoms with E-state index in [4.69, 9.17) is 4.98 Å². The highest BCUT2D eigenvalue weighted by atomic mass is 32.2. The van der Waals surface area contributed by atoms with Crippen LogP contribution in [0.15, 0.2) is 29.2 Å². The molecule has 166 valence electrons. The summed E-state index contributed by atoms with van der Waals surface area (Å²) in [6.45, 7) is 6.25. The predicted octanol–water partition coefficient (Wildman–Crippen LogP) is 2.77. The first kappa shape index (κ1) is 20.7. The maximum atomic E-state index is 13.3. The molecule has 2 saturated heterocycles. The first-order chi connectivity index (χ1) is 15.0. The molecule has 3 aliphatic rings. The average Bonchev–Trinajstić information content (AvgIpc) is 3.33. The van der Waals surface area contributed by atoms with Gasteiger partial charge < -0.3 is 9.80 Å². The predicted molar refractivity (Wildman–Crippen MR) is 122 cm³/mol. The van der Waals surface area contributed by atoms with E-state index in [0.29, 0.717) is 31.1 Å². The van der Waals surface area contributed by atoms with E-state index >= 15 is 0 Å². The first-order valence-corrected chi connectivity index (χ1v) is 12.9. The summed E-state index contributed by atoms with van der Waals surface area (Å²) in [7, 11) is -3.46. The summed E-state index contributed by atoms with van der Waals surface area (Å²) in [6, 6.07) is 7.72. The van der Waals surface area contributed by atoms with Crippen molar-refractivity contribution in [2.75, 3.05) is 49.1 Å². The fourth-order valence-corrected chi connectivity index (χ4v) is 6.41. The van der Waals surface area contributed by atoms with Crippen LogP contribution in [0.4, 0.5) is 11.8 Å². The Labute approximate surface area is 185 Å². The van der Waals surface area contributed by atoms with Gasteiger partial charge in [0.05, 0.1) is 4.90 Å². The van der Waals surface area contributed by atoms with Gasteiger partial charge >= 0.3 is 0 Å². The van der Waals surface area contributed by atoms with Crippen molar-refractivity contribution in [3.8, 4) is 0 Å². The van der Waals surface area contributed by atoms with E-state index in [1.807, 2.05) is 25.1 Å². The topological polar surface area (TPSA) is 69.6 Å². The highest BCUT2D eigenvalue weighted by Crippen LogP contribution is 2.27. The van der Waals surface area contributed by atoms with Gasteiger partial charge in [0, 0.05) is 51.0 Å². The van der Waals surface area contributed by atoms with Crippen LogP contribution in [0, 0.1) is 6.92 Å². The third-order valence-corrected chi connectivity index (χ3v) is 8.63. The monoisotopic (exact) mass is 441 g/mol. The molecule has 1 aliphatic carbocycles. The van der Waals surface area contributed by atoms with E-state index in [2.05, 4.69) is 14.8 Å². The second-order valence-corrected chi connectivity index (χ2v) is 10.8. The van der Waals surface area contributed by atoms with E-state index in [1.54, 1.807) is 10.4 Å². The van der Waals surface area contributed by atoms with Crippen molar-refractivity contribution < 1.29 is 8.42 Å². The van der Waals surface area contributed by atoms with Crippen LogP contribution in [-0.4, -0.2) is 62.0 Å². The van der Waals surface area contributed by atoms with Crippen LogP contribution < -0.4 is 9.80 Å². The molecule has 31 heavy (non-hydrogen) atoms. The largest absolute Gasteiger partial charge is 0.354 e. The molecule has 7 nitrogen and oxygen atoms in total. The molecule has 0 spiro atoms. The summed E-state index contributed by atoms with van der Waals surface area (Å²) in [5, 5.41) is 0. The van der Waals surface area contributed by atoms with Crippen LogP contribution in [0.3, 0.4) is 0 Å². The normalized spacial score (nSPS) is 20.2. The molecule has 0 N–H and O–H groups in total. The van der Waals surface area contributed by atoms with Gasteiger partial charge in [0.15, 0.2) is 0 Å². The number of aryl methyl sites for hydroxylation is 3. The summed E-state index contributed by atoms with van der Waals surface area (Å²) >= 11 is 0. The van der Waals surface area contributed by atoms with Gasteiger partial charge in [0.25, 0.3) is 0 Å². The van der Waals surface area contributed by atoms with E-state index in [-0.39, 0.29) is 0 Å². The van der Waals surface area contributed by atoms with Crippen LogP contribution in [0.2, 0.25) is 0 Å². The van der Waals surface area contributed by atoms with Gasteiger partial charge in [-0.3, -0.25) is 0 Å². The van der Waals surface area contributed by atoms with Crippen LogP contribution in [0.25, 0.3) is 0 Å². The molecule has 2 aromatic rings. The lowest BCUT2D eigenvalue weighted by Gasteiger charge is -2.35. The van der Waals surface area contributed by atoms with Crippen LogP contribution in [0.5, 0.6) is 0 Å². The van der Waals surface area contributed by atoms with Crippen molar-refractivity contribution in [2.45, 2.75) is 50.3 Å². The molecule has 0 radical (unpaired) electrons. The molecule has 0 amide bonds. The third kappa shape index (κ3) is 4.15. The van der Waals surface area contributed by atoms with Gasteiger partial charge in [-0.25, -0.2) is 13.4 Å². The molecule has 8 heteroatoms. The molecule has 0 saturated carbocycles. The zero-order chi connectivity index (χ0) is 21.4. The molecule has 0 bridgehead atoms. The zero-order valence-corrected chi connectivity index (χ0v) is 19.1. The van der Waals surface area contributed by atoms with Gasteiger partial charge in [0.2, 0.25) is 16.0 Å². The summed E-state index contributed by atoms with van der Waals surface area (Å²) in [4.78, 5) is 14.3. The molecule has 5 rings (SSSR count). The smallest absolute Gasteiger partial charge is 0.243 e. The number of benzene rings is 1. The van der Waals surface area contributed by atoms with E-state index in [1.165, 1.54) is 30.4 Å². The lowest BCUT2D eigenvalue weighted by molar-refractivity contribution is 0.383. The van der Waals surface area contributed by atoms with Crippen molar-refractivity contribution >= 4 is 21.8 Å². The minimum absolute atomic E-state index is 0.441. The molecule has 1 aromatic carbocycles. The fraction of sp³-hybridized carbons (Fsp3) is 0.565. The molecule has 0 unspecified atom stereocenters. The Morgan fingerprint density at radius 3 is 2.23 bits per heavy atom. The Balaban J connectivity index is 1.30. The highest BCUT2D eigenvalue weighted by Gasteiger charge is 2.30. The second kappa shape index (κ2) is 8.39. The van der Waals surface area contributed by atoms with E-state index in [9.17, 15) is 8.42 Å². The number of rotatable bonds is 4.